The first kappa shape index (κ1) is 27.8. The van der Waals surface area contributed by atoms with Gasteiger partial charge in [-0.3, -0.25) is 4.79 Å². The number of allylic oxidation sites excluding steroid dienone is 3. The highest BCUT2D eigenvalue weighted by Crippen LogP contribution is 2.49. The van der Waals surface area contributed by atoms with Crippen LogP contribution in [-0.2, 0) is 10.3 Å². The van der Waals surface area contributed by atoms with Gasteiger partial charge in [0.15, 0.2) is 0 Å². The molecule has 0 saturated heterocycles. The van der Waals surface area contributed by atoms with Crippen LogP contribution in [0.4, 0.5) is 13.2 Å². The van der Waals surface area contributed by atoms with Crippen molar-refractivity contribution in [3.63, 3.8) is 0 Å². The lowest BCUT2D eigenvalue weighted by molar-refractivity contribution is -0.175. The molecule has 0 bridgehead atoms. The van der Waals surface area contributed by atoms with Gasteiger partial charge in [0, 0.05) is 31.7 Å². The molecule has 1 aliphatic carbocycles. The molecule has 1 aliphatic heterocycles. The number of carbonyl (C=O) groups is 1. The number of para-hydroxylation sites is 1. The number of rotatable bonds is 5. The lowest BCUT2D eigenvalue weighted by Crippen LogP contribution is -2.42. The fraction of sp³-hybridized carbons (Fsp3) is 0.161. The molecule has 0 radical (unpaired) electrons. The summed E-state index contributed by atoms with van der Waals surface area (Å²) >= 11 is 15.7. The number of Topliss-reactive ketones (excluding diaryl/α,β-unsaturated/α-hetero) is 1. The predicted molar refractivity (Wildman–Crippen MR) is 158 cm³/mol. The highest BCUT2D eigenvalue weighted by molar-refractivity contribution is 9.10. The maximum Gasteiger partial charge on any atom is 0.402 e. The van der Waals surface area contributed by atoms with Gasteiger partial charge >= 0.3 is 6.18 Å². The van der Waals surface area contributed by atoms with Gasteiger partial charge in [-0.25, -0.2) is 0 Å². The molecule has 0 fully saturated rings. The predicted octanol–water partition coefficient (Wildman–Crippen LogP) is 9.27. The number of hydrogen-bond donors (Lipinski definition) is 0. The number of carbonyl (C=O) groups excluding carboxylic acids is 1. The van der Waals surface area contributed by atoms with Crippen LogP contribution in [-0.4, -0.2) is 28.8 Å². The molecule has 4 nitrogen and oxygen atoms in total. The Kier molecular flexibility index (Phi) is 7.12. The molecule has 0 spiro atoms. The van der Waals surface area contributed by atoms with Gasteiger partial charge in [-0.1, -0.05) is 80.7 Å². The number of fused-ring (bicyclic) bond motifs is 1. The summed E-state index contributed by atoms with van der Waals surface area (Å²) in [6.45, 7) is -0.0664. The molecule has 2 aliphatic rings. The third kappa shape index (κ3) is 4.92. The summed E-state index contributed by atoms with van der Waals surface area (Å²) in [4.78, 5) is 19.3. The van der Waals surface area contributed by atoms with Crippen molar-refractivity contribution in [1.29, 1.82) is 0 Å². The van der Waals surface area contributed by atoms with Crippen LogP contribution in [0.1, 0.15) is 22.3 Å². The minimum absolute atomic E-state index is 0.0353. The van der Waals surface area contributed by atoms with Gasteiger partial charge in [0.1, 0.15) is 17.7 Å². The molecule has 0 saturated carbocycles. The first-order chi connectivity index (χ1) is 19.6. The molecule has 0 amide bonds. The molecular formula is C31H20BrCl2F3N2O2. The van der Waals surface area contributed by atoms with Gasteiger partial charge in [-0.15, -0.1) is 0 Å². The number of oxime groups is 1. The second-order valence-electron chi connectivity index (χ2n) is 9.94. The Morgan fingerprint density at radius 2 is 1.80 bits per heavy atom. The number of halogens is 6. The molecule has 6 rings (SSSR count). The van der Waals surface area contributed by atoms with E-state index in [2.05, 4.69) is 21.1 Å². The summed E-state index contributed by atoms with van der Waals surface area (Å²) in [6.07, 6.45) is 1.06. The van der Waals surface area contributed by atoms with Crippen molar-refractivity contribution in [1.82, 2.24) is 4.57 Å². The van der Waals surface area contributed by atoms with Gasteiger partial charge in [0.25, 0.3) is 0 Å². The summed E-state index contributed by atoms with van der Waals surface area (Å²) in [5.41, 5.74) is -0.306. The molecule has 3 aromatic carbocycles. The molecule has 1 aromatic heterocycles. The SMILES string of the molecule is O=C(C1=NOCC1C1=CC(c2cc(Cl)cc(Cl)c2)(C(F)(F)F)CC=C1)c1ccccc1-n1ccc2ccc(Br)cc21. The van der Waals surface area contributed by atoms with Crippen LogP contribution in [0.15, 0.2) is 106 Å². The van der Waals surface area contributed by atoms with E-state index in [0.29, 0.717) is 11.3 Å². The Bertz CT molecular complexity index is 1770. The Hall–Kier alpha value is -3.33. The maximum atomic E-state index is 14.8. The van der Waals surface area contributed by atoms with Crippen LogP contribution in [0.25, 0.3) is 16.6 Å². The van der Waals surface area contributed by atoms with E-state index >= 15 is 0 Å². The first-order valence-electron chi connectivity index (χ1n) is 12.6. The van der Waals surface area contributed by atoms with E-state index in [1.165, 1.54) is 24.3 Å². The molecule has 2 atom stereocenters. The lowest BCUT2D eigenvalue weighted by atomic mass is 9.71. The van der Waals surface area contributed by atoms with Crippen LogP contribution in [0.5, 0.6) is 0 Å². The zero-order chi connectivity index (χ0) is 28.9. The van der Waals surface area contributed by atoms with Crippen molar-refractivity contribution in [2.75, 3.05) is 6.61 Å². The van der Waals surface area contributed by atoms with Crippen molar-refractivity contribution >= 4 is 61.5 Å². The molecule has 2 heterocycles. The summed E-state index contributed by atoms with van der Waals surface area (Å²) in [7, 11) is 0. The van der Waals surface area contributed by atoms with Crippen LogP contribution < -0.4 is 0 Å². The summed E-state index contributed by atoms with van der Waals surface area (Å²) in [6, 6.07) is 18.8. The fourth-order valence-electron chi connectivity index (χ4n) is 5.47. The Balaban J connectivity index is 1.41. The zero-order valence-corrected chi connectivity index (χ0v) is 24.2. The minimum Gasteiger partial charge on any atom is -0.394 e. The monoisotopic (exact) mass is 658 g/mol. The third-order valence-corrected chi connectivity index (χ3v) is 8.41. The maximum absolute atomic E-state index is 14.8. The number of ketones is 1. The van der Waals surface area contributed by atoms with E-state index in [0.717, 1.165) is 21.5 Å². The van der Waals surface area contributed by atoms with Gasteiger partial charge in [-0.05, 0) is 66.1 Å². The highest BCUT2D eigenvalue weighted by Gasteiger charge is 2.55. The lowest BCUT2D eigenvalue weighted by Gasteiger charge is -2.36. The van der Waals surface area contributed by atoms with Crippen molar-refractivity contribution in [2.45, 2.75) is 18.0 Å². The van der Waals surface area contributed by atoms with Crippen LogP contribution >= 0.6 is 39.1 Å². The standard InChI is InChI=1S/C31H20BrCl2F3N2O2/c32-21-8-7-18-9-11-39(27(18)14-21)26-6-2-1-5-24(26)29(40)28-25(17-41-38-28)19-4-3-10-30(16-19,31(35,36)37)20-12-22(33)15-23(34)13-20/h1-9,11-16,25H,10,17H2. The van der Waals surface area contributed by atoms with Crippen molar-refractivity contribution < 1.29 is 22.8 Å². The molecule has 0 N–H and O–H groups in total. The van der Waals surface area contributed by atoms with Gasteiger partial charge < -0.3 is 9.40 Å². The summed E-state index contributed by atoms with van der Waals surface area (Å²) in [5, 5.41) is 5.21. The Morgan fingerprint density at radius 1 is 1.05 bits per heavy atom. The van der Waals surface area contributed by atoms with Gasteiger partial charge in [0.2, 0.25) is 5.78 Å². The average Bonchev–Trinajstić information content (AvgIpc) is 3.59. The zero-order valence-electron chi connectivity index (χ0n) is 21.1. The molecular weight excluding hydrogens is 640 g/mol. The molecule has 208 valence electrons. The van der Waals surface area contributed by atoms with Crippen LogP contribution in [0, 0.1) is 5.92 Å². The third-order valence-electron chi connectivity index (χ3n) is 7.48. The quantitative estimate of drug-likeness (QED) is 0.201. The van der Waals surface area contributed by atoms with E-state index < -0.39 is 23.3 Å². The number of nitrogens with zero attached hydrogens (tertiary/aromatic N) is 2. The smallest absolute Gasteiger partial charge is 0.394 e. The number of aromatic nitrogens is 1. The summed E-state index contributed by atoms with van der Waals surface area (Å²) in [5.74, 6) is -1.23. The number of alkyl halides is 3. The van der Waals surface area contributed by atoms with E-state index in [1.807, 2.05) is 47.2 Å². The molecule has 10 heteroatoms. The Morgan fingerprint density at radius 3 is 2.56 bits per heavy atom. The van der Waals surface area contributed by atoms with Crippen molar-refractivity contribution in [3.8, 4) is 5.69 Å². The minimum atomic E-state index is -4.67. The normalized spacial score (nSPS) is 20.6. The fourth-order valence-corrected chi connectivity index (χ4v) is 6.34. The topological polar surface area (TPSA) is 43.6 Å². The van der Waals surface area contributed by atoms with Crippen LogP contribution in [0.2, 0.25) is 10.0 Å². The molecule has 4 aromatic rings. The number of benzene rings is 3. The molecule has 2 unspecified atom stereocenters. The van der Waals surface area contributed by atoms with Gasteiger partial charge in [0.05, 0.1) is 17.1 Å². The van der Waals surface area contributed by atoms with E-state index in [-0.39, 0.29) is 39.9 Å². The largest absolute Gasteiger partial charge is 0.402 e. The average molecular weight is 660 g/mol. The second-order valence-corrected chi connectivity index (χ2v) is 11.7. The second kappa shape index (κ2) is 10.5. The van der Waals surface area contributed by atoms with E-state index in [1.54, 1.807) is 18.2 Å². The van der Waals surface area contributed by atoms with Crippen LogP contribution in [0.3, 0.4) is 0 Å². The molecule has 41 heavy (non-hydrogen) atoms. The van der Waals surface area contributed by atoms with E-state index in [9.17, 15) is 18.0 Å². The van der Waals surface area contributed by atoms with Crippen molar-refractivity contribution in [2.24, 2.45) is 11.1 Å². The van der Waals surface area contributed by atoms with Crippen molar-refractivity contribution in [3.05, 3.63) is 122 Å². The van der Waals surface area contributed by atoms with Gasteiger partial charge in [-0.2, -0.15) is 13.2 Å². The number of hydrogen-bond acceptors (Lipinski definition) is 3. The Labute approximate surface area is 251 Å². The van der Waals surface area contributed by atoms with E-state index in [4.69, 9.17) is 28.0 Å². The first-order valence-corrected chi connectivity index (χ1v) is 14.2. The summed E-state index contributed by atoms with van der Waals surface area (Å²) < 4.78 is 47.2. The highest BCUT2D eigenvalue weighted by atomic mass is 79.9.